The minimum Gasteiger partial charge on any atom is -0.472 e. The summed E-state index contributed by atoms with van der Waals surface area (Å²) in [7, 11) is 0. The molecule has 0 aliphatic rings. The van der Waals surface area contributed by atoms with Gasteiger partial charge < -0.3 is 20.2 Å². The molecule has 6 nitrogen and oxygen atoms in total. The smallest absolute Gasteiger partial charge is 0.309 e. The Hall–Kier alpha value is -2.31. The number of hydrogen-bond donors (Lipinski definition) is 3. The molecule has 0 bridgehead atoms. The van der Waals surface area contributed by atoms with Crippen LogP contribution in [-0.2, 0) is 16.1 Å². The lowest BCUT2D eigenvalue weighted by atomic mass is 10.1. The number of halogens is 1. The van der Waals surface area contributed by atoms with Crippen LogP contribution in [-0.4, -0.2) is 23.5 Å². The number of furan rings is 1. The van der Waals surface area contributed by atoms with Gasteiger partial charge in [-0.05, 0) is 30.2 Å². The topological polar surface area (TPSA) is 91.6 Å². The molecule has 0 aliphatic carbocycles. The molecule has 0 spiro atoms. The lowest BCUT2D eigenvalue weighted by Crippen LogP contribution is -2.40. The van der Waals surface area contributed by atoms with Crippen molar-refractivity contribution in [1.29, 1.82) is 0 Å². The summed E-state index contributed by atoms with van der Waals surface area (Å²) in [6.45, 7) is 0.417. The van der Waals surface area contributed by atoms with Gasteiger partial charge in [0.05, 0.1) is 18.6 Å². The Kier molecular flexibility index (Phi) is 6.19. The fourth-order valence-electron chi connectivity index (χ4n) is 1.90. The number of benzene rings is 1. The first kappa shape index (κ1) is 17.1. The summed E-state index contributed by atoms with van der Waals surface area (Å²) < 4.78 is 4.86. The Morgan fingerprint density at radius 2 is 1.83 bits per heavy atom. The van der Waals surface area contributed by atoms with Gasteiger partial charge in [0.2, 0.25) is 0 Å². The molecule has 2 amide bonds. The number of aliphatic hydroxyl groups is 1. The summed E-state index contributed by atoms with van der Waals surface area (Å²) >= 11 is 5.77. The van der Waals surface area contributed by atoms with E-state index < -0.39 is 17.9 Å². The Morgan fingerprint density at radius 1 is 1.13 bits per heavy atom. The van der Waals surface area contributed by atoms with Crippen LogP contribution in [0.25, 0.3) is 0 Å². The van der Waals surface area contributed by atoms with E-state index in [4.69, 9.17) is 16.0 Å². The van der Waals surface area contributed by atoms with Crippen molar-refractivity contribution in [2.75, 3.05) is 6.54 Å². The van der Waals surface area contributed by atoms with Crippen molar-refractivity contribution >= 4 is 23.4 Å². The van der Waals surface area contributed by atoms with Gasteiger partial charge in [0.1, 0.15) is 0 Å². The van der Waals surface area contributed by atoms with Crippen molar-refractivity contribution in [1.82, 2.24) is 10.6 Å². The highest BCUT2D eigenvalue weighted by atomic mass is 35.5. The van der Waals surface area contributed by atoms with E-state index in [1.807, 2.05) is 0 Å². The third-order valence-corrected chi connectivity index (χ3v) is 3.46. The second kappa shape index (κ2) is 8.36. The Labute approximate surface area is 138 Å². The highest BCUT2D eigenvalue weighted by Crippen LogP contribution is 2.15. The standard InChI is InChI=1S/C16H17ClN2O4/c17-13-3-1-11(2-4-13)9-19-16(22)15(21)18-7-5-14(20)12-6-8-23-10-12/h1-4,6,8,10,14,20H,5,7,9H2,(H,18,21)(H,19,22). The van der Waals surface area contributed by atoms with Crippen LogP contribution in [0.4, 0.5) is 0 Å². The molecule has 23 heavy (non-hydrogen) atoms. The molecule has 2 aromatic rings. The van der Waals surface area contributed by atoms with Crippen molar-refractivity contribution in [3.63, 3.8) is 0 Å². The second-order valence-electron chi connectivity index (χ2n) is 4.93. The third-order valence-electron chi connectivity index (χ3n) is 3.20. The summed E-state index contributed by atoms with van der Waals surface area (Å²) in [5.74, 6) is -1.46. The molecule has 0 fully saturated rings. The van der Waals surface area contributed by atoms with Gasteiger partial charge in [0, 0.05) is 23.7 Å². The molecular formula is C16H17ClN2O4. The van der Waals surface area contributed by atoms with Crippen molar-refractivity contribution in [3.05, 3.63) is 59.0 Å². The maximum Gasteiger partial charge on any atom is 0.309 e. The van der Waals surface area contributed by atoms with Crippen LogP contribution in [0.5, 0.6) is 0 Å². The monoisotopic (exact) mass is 336 g/mol. The summed E-state index contributed by atoms with van der Waals surface area (Å²) in [5, 5.41) is 15.4. The first-order valence-electron chi connectivity index (χ1n) is 7.07. The SMILES string of the molecule is O=C(NCCC(O)c1ccoc1)C(=O)NCc1ccc(Cl)cc1. The van der Waals surface area contributed by atoms with E-state index in [-0.39, 0.29) is 19.5 Å². The number of hydrogen-bond acceptors (Lipinski definition) is 4. The van der Waals surface area contributed by atoms with E-state index in [2.05, 4.69) is 10.6 Å². The summed E-state index contributed by atoms with van der Waals surface area (Å²) in [6, 6.07) is 8.59. The second-order valence-corrected chi connectivity index (χ2v) is 5.36. The molecule has 0 saturated carbocycles. The number of nitrogens with one attached hydrogen (secondary N) is 2. The van der Waals surface area contributed by atoms with Gasteiger partial charge in [-0.15, -0.1) is 0 Å². The first-order valence-corrected chi connectivity index (χ1v) is 7.44. The van der Waals surface area contributed by atoms with Crippen LogP contribution in [0.3, 0.4) is 0 Å². The molecule has 1 aromatic heterocycles. The van der Waals surface area contributed by atoms with Gasteiger partial charge in [-0.2, -0.15) is 0 Å². The lowest BCUT2D eigenvalue weighted by Gasteiger charge is -2.09. The van der Waals surface area contributed by atoms with Crippen molar-refractivity contribution in [2.24, 2.45) is 0 Å². The molecule has 7 heteroatoms. The molecule has 0 aliphatic heterocycles. The molecule has 3 N–H and O–H groups in total. The van der Waals surface area contributed by atoms with E-state index in [1.54, 1.807) is 30.3 Å². The molecule has 1 unspecified atom stereocenters. The zero-order valence-corrected chi connectivity index (χ0v) is 13.0. The van der Waals surface area contributed by atoms with Crippen molar-refractivity contribution in [3.8, 4) is 0 Å². The fraction of sp³-hybridized carbons (Fsp3) is 0.250. The number of carbonyl (C=O) groups is 2. The lowest BCUT2D eigenvalue weighted by molar-refractivity contribution is -0.139. The molecular weight excluding hydrogens is 320 g/mol. The van der Waals surface area contributed by atoms with Crippen molar-refractivity contribution < 1.29 is 19.1 Å². The maximum absolute atomic E-state index is 11.7. The van der Waals surface area contributed by atoms with Crippen LogP contribution in [0.1, 0.15) is 23.7 Å². The molecule has 0 saturated heterocycles. The largest absolute Gasteiger partial charge is 0.472 e. The molecule has 122 valence electrons. The highest BCUT2D eigenvalue weighted by molar-refractivity contribution is 6.35. The molecule has 1 heterocycles. The number of rotatable bonds is 6. The first-order chi connectivity index (χ1) is 11.1. The van der Waals surface area contributed by atoms with Crippen LogP contribution in [0, 0.1) is 0 Å². The molecule has 2 rings (SSSR count). The van der Waals surface area contributed by atoms with E-state index in [9.17, 15) is 14.7 Å². The van der Waals surface area contributed by atoms with Gasteiger partial charge in [0.15, 0.2) is 0 Å². The van der Waals surface area contributed by atoms with E-state index >= 15 is 0 Å². The number of aliphatic hydroxyl groups excluding tert-OH is 1. The fourth-order valence-corrected chi connectivity index (χ4v) is 2.02. The summed E-state index contributed by atoms with van der Waals surface area (Å²) in [6.07, 6.45) is 2.44. The molecule has 1 atom stereocenters. The average Bonchev–Trinajstić information content (AvgIpc) is 3.08. The predicted molar refractivity (Wildman–Crippen MR) is 84.6 cm³/mol. The van der Waals surface area contributed by atoms with Gasteiger partial charge in [-0.3, -0.25) is 9.59 Å². The van der Waals surface area contributed by atoms with Crippen LogP contribution >= 0.6 is 11.6 Å². The van der Waals surface area contributed by atoms with Gasteiger partial charge >= 0.3 is 11.8 Å². The number of amides is 2. The minimum absolute atomic E-state index is 0.180. The van der Waals surface area contributed by atoms with Crippen molar-refractivity contribution in [2.45, 2.75) is 19.1 Å². The number of carbonyl (C=O) groups excluding carboxylic acids is 2. The van der Waals surface area contributed by atoms with E-state index in [0.717, 1.165) is 5.56 Å². The molecule has 1 aromatic carbocycles. The van der Waals surface area contributed by atoms with Crippen LogP contribution in [0.15, 0.2) is 47.3 Å². The van der Waals surface area contributed by atoms with Gasteiger partial charge in [-0.25, -0.2) is 0 Å². The Balaban J connectivity index is 1.68. The average molecular weight is 337 g/mol. The van der Waals surface area contributed by atoms with E-state index in [1.165, 1.54) is 12.5 Å². The minimum atomic E-state index is -0.744. The quantitative estimate of drug-likeness (QED) is 0.701. The Bertz CT molecular complexity index is 641. The summed E-state index contributed by atoms with van der Waals surface area (Å²) in [4.78, 5) is 23.3. The highest BCUT2D eigenvalue weighted by Gasteiger charge is 2.14. The maximum atomic E-state index is 11.7. The van der Waals surface area contributed by atoms with Crippen LogP contribution < -0.4 is 10.6 Å². The van der Waals surface area contributed by atoms with Crippen LogP contribution in [0.2, 0.25) is 5.02 Å². The third kappa shape index (κ3) is 5.43. The van der Waals surface area contributed by atoms with Gasteiger partial charge in [-0.1, -0.05) is 23.7 Å². The predicted octanol–water partition coefficient (Wildman–Crippen LogP) is 1.79. The zero-order valence-electron chi connectivity index (χ0n) is 12.3. The normalized spacial score (nSPS) is 11.7. The molecule has 0 radical (unpaired) electrons. The Morgan fingerprint density at radius 3 is 2.48 bits per heavy atom. The van der Waals surface area contributed by atoms with Gasteiger partial charge in [0.25, 0.3) is 0 Å². The zero-order chi connectivity index (χ0) is 16.7. The van der Waals surface area contributed by atoms with E-state index in [0.29, 0.717) is 10.6 Å². The summed E-state index contributed by atoms with van der Waals surface area (Å²) in [5.41, 5.74) is 1.47.